The molecule has 1 aliphatic rings. The average molecular weight is 399 g/mol. The molecule has 1 N–H and O–H groups in total. The molecule has 1 aromatic heterocycles. The highest BCUT2D eigenvalue weighted by Gasteiger charge is 2.38. The second-order valence-electron chi connectivity index (χ2n) is 7.12. The molecule has 0 bridgehead atoms. The molecule has 0 spiro atoms. The molecule has 152 valence electrons. The van der Waals surface area contributed by atoms with Crippen LogP contribution in [0.4, 0.5) is 5.13 Å². The predicted molar refractivity (Wildman–Crippen MR) is 104 cm³/mol. The molecule has 1 fully saturated rings. The van der Waals surface area contributed by atoms with Crippen molar-refractivity contribution in [3.05, 3.63) is 0 Å². The first-order valence-corrected chi connectivity index (χ1v) is 10.3. The van der Waals surface area contributed by atoms with Crippen LogP contribution in [0.3, 0.4) is 0 Å². The van der Waals surface area contributed by atoms with Crippen molar-refractivity contribution in [2.45, 2.75) is 65.0 Å². The predicted octanol–water partition coefficient (Wildman–Crippen LogP) is 2.71. The third-order valence-corrected chi connectivity index (χ3v) is 5.08. The third-order valence-electron chi connectivity index (χ3n) is 4.45. The number of anilines is 1. The van der Waals surface area contributed by atoms with Crippen molar-refractivity contribution in [2.24, 2.45) is 5.92 Å². The summed E-state index contributed by atoms with van der Waals surface area (Å²) >= 11 is 1.17. The quantitative estimate of drug-likeness (QED) is 0.478. The zero-order chi connectivity index (χ0) is 19.8. The number of methoxy groups -OCH3 is 1. The number of aromatic nitrogens is 2. The minimum atomic E-state index is -0.499. The summed E-state index contributed by atoms with van der Waals surface area (Å²) in [5.74, 6) is -0.147. The molecule has 9 heteroatoms. The zero-order valence-corrected chi connectivity index (χ0v) is 17.4. The summed E-state index contributed by atoms with van der Waals surface area (Å²) in [4.78, 5) is 31.1. The fourth-order valence-electron chi connectivity index (χ4n) is 3.09. The normalized spacial score (nSPS) is 17.8. The fourth-order valence-corrected chi connectivity index (χ4v) is 3.66. The summed E-state index contributed by atoms with van der Waals surface area (Å²) in [7, 11) is 1.36. The zero-order valence-electron chi connectivity index (χ0n) is 16.6. The maximum Gasteiger partial charge on any atom is 0.330 e. The van der Waals surface area contributed by atoms with Crippen LogP contribution in [0.15, 0.2) is 0 Å². The number of nitrogens with zero attached hydrogens (tertiary/aromatic N) is 3. The largest absolute Gasteiger partial charge is 0.467 e. The van der Waals surface area contributed by atoms with Gasteiger partial charge >= 0.3 is 12.0 Å². The second kappa shape index (κ2) is 10.4. The van der Waals surface area contributed by atoms with Gasteiger partial charge in [-0.05, 0) is 31.6 Å². The number of esters is 1. The summed E-state index contributed by atoms with van der Waals surface area (Å²) in [6.45, 7) is 7.35. The van der Waals surface area contributed by atoms with Gasteiger partial charge in [-0.2, -0.15) is 4.98 Å². The molecule has 1 saturated heterocycles. The molecule has 2 rings (SSSR count). The van der Waals surface area contributed by atoms with Crippen LogP contribution in [-0.2, 0) is 14.3 Å². The minimum Gasteiger partial charge on any atom is -0.467 e. The molecule has 27 heavy (non-hydrogen) atoms. The van der Waals surface area contributed by atoms with Crippen molar-refractivity contribution in [3.8, 4) is 6.01 Å². The highest BCUT2D eigenvalue weighted by molar-refractivity contribution is 7.09. The number of hydrogen-bond donors (Lipinski definition) is 1. The lowest BCUT2D eigenvalue weighted by atomic mass is 10.0. The first-order chi connectivity index (χ1) is 13.0. The Morgan fingerprint density at radius 1 is 1.41 bits per heavy atom. The SMILES string of the molecule is CCCCOc1nsc(NC(CC(C)C)C(=O)N2CCC[C@H]2C(=O)OC)n1. The highest BCUT2D eigenvalue weighted by atomic mass is 32.1. The van der Waals surface area contributed by atoms with E-state index in [2.05, 4.69) is 35.4 Å². The number of ether oxygens (including phenoxy) is 2. The van der Waals surface area contributed by atoms with Gasteiger partial charge < -0.3 is 19.7 Å². The van der Waals surface area contributed by atoms with Crippen LogP contribution in [0.25, 0.3) is 0 Å². The summed E-state index contributed by atoms with van der Waals surface area (Å²) < 4.78 is 14.5. The fraction of sp³-hybridized carbons (Fsp3) is 0.778. The van der Waals surface area contributed by atoms with Gasteiger partial charge in [0.05, 0.1) is 13.7 Å². The Bertz CT molecular complexity index is 622. The molecule has 1 aromatic rings. The van der Waals surface area contributed by atoms with E-state index in [-0.39, 0.29) is 11.9 Å². The van der Waals surface area contributed by atoms with Gasteiger partial charge in [0, 0.05) is 18.1 Å². The average Bonchev–Trinajstić information content (AvgIpc) is 3.29. The lowest BCUT2D eigenvalue weighted by Crippen LogP contribution is -2.48. The number of carbonyl (C=O) groups is 2. The molecule has 0 aromatic carbocycles. The molecular weight excluding hydrogens is 368 g/mol. The monoisotopic (exact) mass is 398 g/mol. The molecule has 1 unspecified atom stereocenters. The molecule has 0 radical (unpaired) electrons. The van der Waals surface area contributed by atoms with Crippen molar-refractivity contribution in [1.82, 2.24) is 14.3 Å². The van der Waals surface area contributed by atoms with Gasteiger partial charge in [-0.25, -0.2) is 4.79 Å². The van der Waals surface area contributed by atoms with Crippen LogP contribution in [0.2, 0.25) is 0 Å². The molecule has 2 heterocycles. The van der Waals surface area contributed by atoms with E-state index >= 15 is 0 Å². The van der Waals surface area contributed by atoms with Crippen LogP contribution in [-0.4, -0.2) is 58.5 Å². The van der Waals surface area contributed by atoms with Gasteiger partial charge in [0.15, 0.2) is 0 Å². The summed E-state index contributed by atoms with van der Waals surface area (Å²) in [5, 5.41) is 3.75. The molecule has 2 atom stereocenters. The molecule has 8 nitrogen and oxygen atoms in total. The summed E-state index contributed by atoms with van der Waals surface area (Å²) in [6, 6.07) is -0.631. The van der Waals surface area contributed by atoms with Gasteiger partial charge in [-0.3, -0.25) is 4.79 Å². The Hall–Kier alpha value is -1.90. The Labute approximate surface area is 164 Å². The van der Waals surface area contributed by atoms with Gasteiger partial charge in [-0.15, -0.1) is 4.37 Å². The first-order valence-electron chi connectivity index (χ1n) is 9.57. The topological polar surface area (TPSA) is 93.7 Å². The Balaban J connectivity index is 2.06. The molecule has 0 saturated carbocycles. The van der Waals surface area contributed by atoms with E-state index in [1.165, 1.54) is 18.6 Å². The van der Waals surface area contributed by atoms with E-state index in [9.17, 15) is 9.59 Å². The van der Waals surface area contributed by atoms with Crippen LogP contribution in [0, 0.1) is 5.92 Å². The Morgan fingerprint density at radius 3 is 2.85 bits per heavy atom. The smallest absolute Gasteiger partial charge is 0.330 e. The Kier molecular flexibility index (Phi) is 8.27. The van der Waals surface area contributed by atoms with E-state index < -0.39 is 12.1 Å². The van der Waals surface area contributed by atoms with Gasteiger partial charge in [0.25, 0.3) is 0 Å². The van der Waals surface area contributed by atoms with Crippen molar-refractivity contribution in [3.63, 3.8) is 0 Å². The number of hydrogen-bond acceptors (Lipinski definition) is 8. The molecular formula is C18H30N4O4S. The van der Waals surface area contributed by atoms with E-state index in [1.807, 2.05) is 0 Å². The number of carbonyl (C=O) groups excluding carboxylic acids is 2. The van der Waals surface area contributed by atoms with Gasteiger partial charge in [-0.1, -0.05) is 27.2 Å². The van der Waals surface area contributed by atoms with Crippen molar-refractivity contribution >= 4 is 28.5 Å². The van der Waals surface area contributed by atoms with E-state index in [0.29, 0.717) is 43.1 Å². The van der Waals surface area contributed by atoms with Gasteiger partial charge in [0.2, 0.25) is 11.0 Å². The van der Waals surface area contributed by atoms with Gasteiger partial charge in [0.1, 0.15) is 12.1 Å². The van der Waals surface area contributed by atoms with E-state index in [4.69, 9.17) is 9.47 Å². The number of nitrogens with one attached hydrogen (secondary N) is 1. The highest BCUT2D eigenvalue weighted by Crippen LogP contribution is 2.24. The third kappa shape index (κ3) is 6.05. The summed E-state index contributed by atoms with van der Waals surface area (Å²) in [6.07, 6.45) is 4.06. The van der Waals surface area contributed by atoms with E-state index in [0.717, 1.165) is 19.3 Å². The lowest BCUT2D eigenvalue weighted by molar-refractivity contribution is -0.151. The van der Waals surface area contributed by atoms with Crippen LogP contribution in [0.1, 0.15) is 52.9 Å². The van der Waals surface area contributed by atoms with Crippen LogP contribution < -0.4 is 10.1 Å². The maximum absolute atomic E-state index is 13.1. The van der Waals surface area contributed by atoms with Crippen LogP contribution in [0.5, 0.6) is 6.01 Å². The molecule has 0 aliphatic carbocycles. The first kappa shape index (κ1) is 21.4. The number of likely N-dealkylation sites (tertiary alicyclic amines) is 1. The van der Waals surface area contributed by atoms with E-state index in [1.54, 1.807) is 4.90 Å². The van der Waals surface area contributed by atoms with Crippen molar-refractivity contribution in [1.29, 1.82) is 0 Å². The van der Waals surface area contributed by atoms with Crippen molar-refractivity contribution < 1.29 is 19.1 Å². The number of rotatable bonds is 10. The Morgan fingerprint density at radius 2 is 2.19 bits per heavy atom. The number of unbranched alkanes of at least 4 members (excludes halogenated alkanes) is 1. The second-order valence-corrected chi connectivity index (χ2v) is 7.88. The standard InChI is InChI=1S/C18H30N4O4S/c1-5-6-10-26-17-20-18(27-21-17)19-13(11-12(2)3)15(23)22-9-7-8-14(22)16(24)25-4/h12-14H,5-11H2,1-4H3,(H,19,20,21)/t13?,14-/m0/s1. The molecule has 1 amide bonds. The van der Waals surface area contributed by atoms with Crippen molar-refractivity contribution in [2.75, 3.05) is 25.6 Å². The minimum absolute atomic E-state index is 0.0970. The molecule has 1 aliphatic heterocycles. The lowest BCUT2D eigenvalue weighted by Gasteiger charge is -2.28. The summed E-state index contributed by atoms with van der Waals surface area (Å²) in [5.41, 5.74) is 0. The number of amides is 1. The van der Waals surface area contributed by atoms with Crippen LogP contribution >= 0.6 is 11.5 Å². The maximum atomic E-state index is 13.1.